The average Bonchev–Trinajstić information content (AvgIpc) is 2.96. The van der Waals surface area contributed by atoms with E-state index >= 15 is 0 Å². The maximum absolute atomic E-state index is 11.5. The standard InChI is InChI=1S/C21H24O6/c1-15(22)26-19-18(14-24-12-16-8-4-2-5-9-16)27-21(23)20(19)25-13-17-10-6-3-7-11-17/h2-11,18-21,23H,12-14H2,1H3/t18-,19-,20-,21-/m1/s1. The van der Waals surface area contributed by atoms with Crippen molar-refractivity contribution in [3.63, 3.8) is 0 Å². The summed E-state index contributed by atoms with van der Waals surface area (Å²) in [6, 6.07) is 19.3. The lowest BCUT2D eigenvalue weighted by Crippen LogP contribution is -2.40. The van der Waals surface area contributed by atoms with Crippen LogP contribution in [0.25, 0.3) is 0 Å². The summed E-state index contributed by atoms with van der Waals surface area (Å²) >= 11 is 0. The minimum atomic E-state index is -1.19. The van der Waals surface area contributed by atoms with Crippen molar-refractivity contribution in [3.05, 3.63) is 71.8 Å². The predicted octanol–water partition coefficient (Wildman–Crippen LogP) is 2.44. The van der Waals surface area contributed by atoms with Crippen molar-refractivity contribution in [2.75, 3.05) is 6.61 Å². The molecular weight excluding hydrogens is 348 g/mol. The average molecular weight is 372 g/mol. The molecular formula is C21H24O6. The lowest BCUT2D eigenvalue weighted by molar-refractivity contribution is -0.160. The van der Waals surface area contributed by atoms with E-state index in [-0.39, 0.29) is 13.2 Å². The fourth-order valence-corrected chi connectivity index (χ4v) is 2.99. The number of benzene rings is 2. The molecule has 0 bridgehead atoms. The highest BCUT2D eigenvalue weighted by Gasteiger charge is 2.47. The van der Waals surface area contributed by atoms with Gasteiger partial charge in [0.2, 0.25) is 0 Å². The van der Waals surface area contributed by atoms with Crippen LogP contribution in [-0.4, -0.2) is 42.3 Å². The molecule has 27 heavy (non-hydrogen) atoms. The van der Waals surface area contributed by atoms with E-state index in [1.807, 2.05) is 60.7 Å². The Bertz CT molecular complexity index is 705. The molecule has 6 nitrogen and oxygen atoms in total. The van der Waals surface area contributed by atoms with Crippen LogP contribution in [0.15, 0.2) is 60.7 Å². The van der Waals surface area contributed by atoms with Gasteiger partial charge in [-0.05, 0) is 11.1 Å². The van der Waals surface area contributed by atoms with Gasteiger partial charge in [-0.25, -0.2) is 0 Å². The number of ether oxygens (including phenoxy) is 4. The van der Waals surface area contributed by atoms with Gasteiger partial charge in [-0.2, -0.15) is 0 Å². The molecule has 1 heterocycles. The fraction of sp³-hybridized carbons (Fsp3) is 0.381. The Hall–Kier alpha value is -2.25. The molecule has 4 atom stereocenters. The third-order valence-corrected chi connectivity index (χ3v) is 4.27. The largest absolute Gasteiger partial charge is 0.457 e. The quantitative estimate of drug-likeness (QED) is 0.718. The van der Waals surface area contributed by atoms with Gasteiger partial charge >= 0.3 is 5.97 Å². The normalized spacial score (nSPS) is 24.7. The van der Waals surface area contributed by atoms with Gasteiger partial charge in [0, 0.05) is 6.92 Å². The van der Waals surface area contributed by atoms with Gasteiger partial charge < -0.3 is 24.1 Å². The monoisotopic (exact) mass is 372 g/mol. The van der Waals surface area contributed by atoms with Crippen LogP contribution >= 0.6 is 0 Å². The van der Waals surface area contributed by atoms with E-state index < -0.39 is 30.6 Å². The summed E-state index contributed by atoms with van der Waals surface area (Å²) in [4.78, 5) is 11.5. The Morgan fingerprint density at radius 2 is 1.56 bits per heavy atom. The van der Waals surface area contributed by atoms with Crippen molar-refractivity contribution in [1.29, 1.82) is 0 Å². The molecule has 6 heteroatoms. The van der Waals surface area contributed by atoms with E-state index in [1.165, 1.54) is 6.92 Å². The molecule has 3 rings (SSSR count). The Morgan fingerprint density at radius 1 is 0.963 bits per heavy atom. The number of hydrogen-bond acceptors (Lipinski definition) is 6. The van der Waals surface area contributed by atoms with Gasteiger partial charge in [0.1, 0.15) is 12.2 Å². The van der Waals surface area contributed by atoms with Crippen LogP contribution in [0.2, 0.25) is 0 Å². The van der Waals surface area contributed by atoms with E-state index in [1.54, 1.807) is 0 Å². The summed E-state index contributed by atoms with van der Waals surface area (Å²) in [5.41, 5.74) is 1.98. The maximum atomic E-state index is 11.5. The minimum Gasteiger partial charge on any atom is -0.457 e. The lowest BCUT2D eigenvalue weighted by atomic mass is 10.1. The SMILES string of the molecule is CC(=O)O[C@H]1[C@@H](OCc2ccccc2)[C@H](O)O[C@@H]1COCc1ccccc1. The fourth-order valence-electron chi connectivity index (χ4n) is 2.99. The molecule has 0 unspecified atom stereocenters. The molecule has 0 amide bonds. The molecule has 2 aromatic carbocycles. The first kappa shape index (κ1) is 19.5. The second kappa shape index (κ2) is 9.62. The van der Waals surface area contributed by atoms with Crippen LogP contribution in [0, 0.1) is 0 Å². The number of carbonyl (C=O) groups is 1. The van der Waals surface area contributed by atoms with Crippen molar-refractivity contribution in [2.45, 2.75) is 44.7 Å². The number of carbonyl (C=O) groups excluding carboxylic acids is 1. The summed E-state index contributed by atoms with van der Waals surface area (Å²) < 4.78 is 22.4. The van der Waals surface area contributed by atoms with Crippen LogP contribution in [0.4, 0.5) is 0 Å². The first-order valence-corrected chi connectivity index (χ1v) is 8.91. The maximum Gasteiger partial charge on any atom is 0.303 e. The topological polar surface area (TPSA) is 74.2 Å². The van der Waals surface area contributed by atoms with Crippen molar-refractivity contribution in [3.8, 4) is 0 Å². The summed E-state index contributed by atoms with van der Waals surface area (Å²) in [5, 5.41) is 10.2. The molecule has 1 fully saturated rings. The zero-order chi connectivity index (χ0) is 19.1. The van der Waals surface area contributed by atoms with Crippen molar-refractivity contribution < 1.29 is 28.8 Å². The molecule has 2 aromatic rings. The summed E-state index contributed by atoms with van der Waals surface area (Å²) in [7, 11) is 0. The molecule has 1 saturated heterocycles. The Labute approximate surface area is 158 Å². The molecule has 0 spiro atoms. The van der Waals surface area contributed by atoms with Crippen molar-refractivity contribution in [1.82, 2.24) is 0 Å². The summed E-state index contributed by atoms with van der Waals surface area (Å²) in [6.07, 6.45) is -3.31. The zero-order valence-electron chi connectivity index (χ0n) is 15.2. The van der Waals surface area contributed by atoms with E-state index in [0.29, 0.717) is 6.61 Å². The molecule has 0 aliphatic carbocycles. The van der Waals surface area contributed by atoms with Crippen molar-refractivity contribution in [2.24, 2.45) is 0 Å². The highest BCUT2D eigenvalue weighted by atomic mass is 16.7. The smallest absolute Gasteiger partial charge is 0.303 e. The van der Waals surface area contributed by atoms with E-state index in [4.69, 9.17) is 18.9 Å². The summed E-state index contributed by atoms with van der Waals surface area (Å²) in [6.45, 7) is 2.18. The van der Waals surface area contributed by atoms with Crippen LogP contribution < -0.4 is 0 Å². The van der Waals surface area contributed by atoms with Gasteiger partial charge in [-0.15, -0.1) is 0 Å². The van der Waals surface area contributed by atoms with E-state index in [2.05, 4.69) is 0 Å². The predicted molar refractivity (Wildman–Crippen MR) is 97.6 cm³/mol. The first-order chi connectivity index (χ1) is 13.1. The first-order valence-electron chi connectivity index (χ1n) is 8.91. The zero-order valence-corrected chi connectivity index (χ0v) is 15.2. The Morgan fingerprint density at radius 3 is 2.15 bits per heavy atom. The van der Waals surface area contributed by atoms with E-state index in [9.17, 15) is 9.90 Å². The third-order valence-electron chi connectivity index (χ3n) is 4.27. The second-order valence-corrected chi connectivity index (χ2v) is 6.40. The van der Waals surface area contributed by atoms with Gasteiger partial charge in [0.15, 0.2) is 12.4 Å². The molecule has 1 N–H and O–H groups in total. The molecule has 144 valence electrons. The number of hydrogen-bond donors (Lipinski definition) is 1. The molecule has 1 aliphatic heterocycles. The number of aliphatic hydroxyl groups excluding tert-OH is 1. The molecule has 0 radical (unpaired) electrons. The lowest BCUT2D eigenvalue weighted by Gasteiger charge is -2.23. The van der Waals surface area contributed by atoms with Crippen LogP contribution in [0.3, 0.4) is 0 Å². The number of esters is 1. The van der Waals surface area contributed by atoms with Gasteiger partial charge in [0.05, 0.1) is 19.8 Å². The van der Waals surface area contributed by atoms with Crippen LogP contribution in [-0.2, 0) is 37.0 Å². The Kier molecular flexibility index (Phi) is 6.95. The highest BCUT2D eigenvalue weighted by Crippen LogP contribution is 2.27. The summed E-state index contributed by atoms with van der Waals surface area (Å²) in [5.74, 6) is -0.459. The molecule has 1 aliphatic rings. The second-order valence-electron chi connectivity index (χ2n) is 6.40. The number of aliphatic hydroxyl groups is 1. The van der Waals surface area contributed by atoms with Crippen LogP contribution in [0.1, 0.15) is 18.1 Å². The number of rotatable bonds is 8. The van der Waals surface area contributed by atoms with E-state index in [0.717, 1.165) is 11.1 Å². The highest BCUT2D eigenvalue weighted by molar-refractivity contribution is 5.66. The molecule has 0 aromatic heterocycles. The van der Waals surface area contributed by atoms with Gasteiger partial charge in [-0.3, -0.25) is 4.79 Å². The third kappa shape index (κ3) is 5.61. The Balaban J connectivity index is 1.58. The van der Waals surface area contributed by atoms with Crippen LogP contribution in [0.5, 0.6) is 0 Å². The van der Waals surface area contributed by atoms with Gasteiger partial charge in [-0.1, -0.05) is 60.7 Å². The van der Waals surface area contributed by atoms with Crippen molar-refractivity contribution >= 4 is 5.97 Å². The minimum absolute atomic E-state index is 0.176. The van der Waals surface area contributed by atoms with Gasteiger partial charge in [0.25, 0.3) is 0 Å². The molecule has 0 saturated carbocycles.